The van der Waals surface area contributed by atoms with Crippen LogP contribution in [0.2, 0.25) is 0 Å². The van der Waals surface area contributed by atoms with Crippen molar-refractivity contribution in [1.82, 2.24) is 5.32 Å². The Labute approximate surface area is 63.4 Å². The number of hydrogen-bond donors (Lipinski definition) is 1. The molecule has 10 heavy (non-hydrogen) atoms. The first-order valence-electron chi connectivity index (χ1n) is 2.81. The molecule has 1 rings (SSSR count). The Morgan fingerprint density at radius 1 is 1.50 bits per heavy atom. The molecular formula is C5H9ClF3N. The summed E-state index contributed by atoms with van der Waals surface area (Å²) in [5.41, 5.74) is 0. The number of nitrogens with one attached hydrogen (secondary N) is 1. The van der Waals surface area contributed by atoms with Gasteiger partial charge in [-0.2, -0.15) is 0 Å². The number of halogens is 4. The highest BCUT2D eigenvalue weighted by Crippen LogP contribution is 2.24. The van der Waals surface area contributed by atoms with Crippen molar-refractivity contribution in [2.75, 3.05) is 13.2 Å². The van der Waals surface area contributed by atoms with Gasteiger partial charge in [-0.25, -0.2) is 13.2 Å². The highest BCUT2D eigenvalue weighted by Gasteiger charge is 2.38. The van der Waals surface area contributed by atoms with Crippen molar-refractivity contribution in [3.63, 3.8) is 0 Å². The zero-order chi connectivity index (χ0) is 6.91. The van der Waals surface area contributed by atoms with Gasteiger partial charge in [0.2, 0.25) is 0 Å². The molecule has 1 N–H and O–H groups in total. The fraction of sp³-hybridized carbons (Fsp3) is 1.00. The van der Waals surface area contributed by atoms with E-state index in [4.69, 9.17) is 0 Å². The van der Waals surface area contributed by atoms with E-state index in [2.05, 4.69) is 5.32 Å². The van der Waals surface area contributed by atoms with E-state index in [-0.39, 0.29) is 25.4 Å². The third-order valence-corrected chi connectivity index (χ3v) is 1.38. The minimum atomic E-state index is -2.68. The molecule has 0 aromatic rings. The van der Waals surface area contributed by atoms with E-state index < -0.39 is 18.6 Å². The van der Waals surface area contributed by atoms with Crippen LogP contribution >= 0.6 is 12.4 Å². The first-order valence-corrected chi connectivity index (χ1v) is 2.81. The molecule has 62 valence electrons. The lowest BCUT2D eigenvalue weighted by Crippen LogP contribution is -2.23. The Hall–Kier alpha value is 0.0400. The van der Waals surface area contributed by atoms with Crippen LogP contribution in [0.5, 0.6) is 0 Å². The molecule has 1 aliphatic heterocycles. The molecule has 1 atom stereocenters. The van der Waals surface area contributed by atoms with E-state index >= 15 is 0 Å². The van der Waals surface area contributed by atoms with Crippen LogP contribution in [0.4, 0.5) is 13.2 Å². The van der Waals surface area contributed by atoms with Gasteiger partial charge in [0.1, 0.15) is 6.67 Å². The van der Waals surface area contributed by atoms with E-state index in [9.17, 15) is 13.2 Å². The highest BCUT2D eigenvalue weighted by molar-refractivity contribution is 5.85. The molecule has 5 heteroatoms. The predicted octanol–water partition coefficient (Wildman–Crippen LogP) is 1.37. The van der Waals surface area contributed by atoms with Gasteiger partial charge >= 0.3 is 0 Å². The summed E-state index contributed by atoms with van der Waals surface area (Å²) in [7, 11) is 0. The molecule has 0 aromatic heterocycles. The molecule has 1 heterocycles. The van der Waals surface area contributed by atoms with Gasteiger partial charge < -0.3 is 5.32 Å². The van der Waals surface area contributed by atoms with Crippen LogP contribution in [0.3, 0.4) is 0 Å². The normalized spacial score (nSPS) is 29.7. The average Bonchev–Trinajstić information content (AvgIpc) is 2.10. The first kappa shape index (κ1) is 10.0. The van der Waals surface area contributed by atoms with Gasteiger partial charge in [0.05, 0.1) is 6.54 Å². The van der Waals surface area contributed by atoms with Gasteiger partial charge in [0.25, 0.3) is 5.92 Å². The molecule has 0 aliphatic carbocycles. The second-order valence-electron chi connectivity index (χ2n) is 2.29. The first-order chi connectivity index (χ1) is 4.14. The van der Waals surface area contributed by atoms with E-state index in [1.54, 1.807) is 0 Å². The molecule has 0 bridgehead atoms. The van der Waals surface area contributed by atoms with Crippen LogP contribution in [0.15, 0.2) is 0 Å². The predicted molar refractivity (Wildman–Crippen MR) is 34.6 cm³/mol. The van der Waals surface area contributed by atoms with E-state index in [0.29, 0.717) is 0 Å². The summed E-state index contributed by atoms with van der Waals surface area (Å²) in [6.07, 6.45) is -0.358. The minimum absolute atomic E-state index is 0. The lowest BCUT2D eigenvalue weighted by atomic mass is 10.2. The monoisotopic (exact) mass is 175 g/mol. The van der Waals surface area contributed by atoms with Crippen molar-refractivity contribution in [2.24, 2.45) is 0 Å². The summed E-state index contributed by atoms with van der Waals surface area (Å²) in [6, 6.07) is -0.625. The van der Waals surface area contributed by atoms with Crippen molar-refractivity contribution in [3.8, 4) is 0 Å². The lowest BCUT2D eigenvalue weighted by molar-refractivity contribution is 0.0204. The van der Waals surface area contributed by atoms with Gasteiger partial charge in [-0.05, 0) is 0 Å². The van der Waals surface area contributed by atoms with Gasteiger partial charge in [0, 0.05) is 12.5 Å². The van der Waals surface area contributed by atoms with Crippen molar-refractivity contribution in [1.29, 1.82) is 0 Å². The summed E-state index contributed by atoms with van der Waals surface area (Å²) < 4.78 is 36.0. The van der Waals surface area contributed by atoms with Crippen molar-refractivity contribution in [2.45, 2.75) is 18.4 Å². The molecule has 1 aliphatic rings. The van der Waals surface area contributed by atoms with E-state index in [0.717, 1.165) is 0 Å². The summed E-state index contributed by atoms with van der Waals surface area (Å²) in [4.78, 5) is 0. The Kier molecular flexibility index (Phi) is 3.45. The summed E-state index contributed by atoms with van der Waals surface area (Å²) in [6.45, 7) is -1.07. The second-order valence-corrected chi connectivity index (χ2v) is 2.29. The third-order valence-electron chi connectivity index (χ3n) is 1.38. The third kappa shape index (κ3) is 2.34. The quantitative estimate of drug-likeness (QED) is 0.635. The zero-order valence-corrected chi connectivity index (χ0v) is 6.06. The standard InChI is InChI=1S/C5H8F3N.ClH/c6-2-4-1-5(7,8)3-9-4;/h4,9H,1-3H2;1H/t4-;/m0./s1. The molecule has 1 nitrogen and oxygen atoms in total. The van der Waals surface area contributed by atoms with Gasteiger partial charge in [-0.3, -0.25) is 0 Å². The van der Waals surface area contributed by atoms with Crippen LogP contribution in [-0.4, -0.2) is 25.2 Å². The molecule has 0 aromatic carbocycles. The maximum Gasteiger partial charge on any atom is 0.261 e. The zero-order valence-electron chi connectivity index (χ0n) is 5.24. The van der Waals surface area contributed by atoms with Crippen molar-refractivity contribution < 1.29 is 13.2 Å². The number of alkyl halides is 3. The molecular weight excluding hydrogens is 167 g/mol. The Balaban J connectivity index is 0.000000810. The van der Waals surface area contributed by atoms with Crippen LogP contribution in [0.25, 0.3) is 0 Å². The summed E-state index contributed by atoms with van der Waals surface area (Å²) in [5.74, 6) is -2.68. The number of rotatable bonds is 1. The van der Waals surface area contributed by atoms with Gasteiger partial charge in [0.15, 0.2) is 0 Å². The molecule has 0 unspecified atom stereocenters. The maximum atomic E-state index is 12.2. The Bertz CT molecular complexity index is 109. The average molecular weight is 176 g/mol. The summed E-state index contributed by atoms with van der Waals surface area (Å²) >= 11 is 0. The fourth-order valence-electron chi connectivity index (χ4n) is 0.908. The summed E-state index contributed by atoms with van der Waals surface area (Å²) in [5, 5.41) is 2.37. The molecule has 1 fully saturated rings. The molecule has 0 saturated carbocycles. The maximum absolute atomic E-state index is 12.2. The fourth-order valence-corrected chi connectivity index (χ4v) is 0.908. The second kappa shape index (κ2) is 3.44. The smallest absolute Gasteiger partial charge is 0.261 e. The number of hydrogen-bond acceptors (Lipinski definition) is 1. The van der Waals surface area contributed by atoms with Crippen LogP contribution in [0, 0.1) is 0 Å². The molecule has 0 amide bonds. The minimum Gasteiger partial charge on any atom is -0.306 e. The van der Waals surface area contributed by atoms with Crippen molar-refractivity contribution >= 4 is 12.4 Å². The highest BCUT2D eigenvalue weighted by atomic mass is 35.5. The van der Waals surface area contributed by atoms with Gasteiger partial charge in [-0.15, -0.1) is 12.4 Å². The Morgan fingerprint density at radius 3 is 2.30 bits per heavy atom. The Morgan fingerprint density at radius 2 is 2.10 bits per heavy atom. The molecule has 0 spiro atoms. The van der Waals surface area contributed by atoms with Crippen LogP contribution in [0.1, 0.15) is 6.42 Å². The topological polar surface area (TPSA) is 12.0 Å². The van der Waals surface area contributed by atoms with E-state index in [1.807, 2.05) is 0 Å². The van der Waals surface area contributed by atoms with E-state index in [1.165, 1.54) is 0 Å². The molecule has 0 radical (unpaired) electrons. The largest absolute Gasteiger partial charge is 0.306 e. The SMILES string of the molecule is Cl.FC[C@@H]1CC(F)(F)CN1. The van der Waals surface area contributed by atoms with Crippen LogP contribution in [-0.2, 0) is 0 Å². The lowest BCUT2D eigenvalue weighted by Gasteiger charge is -2.04. The van der Waals surface area contributed by atoms with Crippen molar-refractivity contribution in [3.05, 3.63) is 0 Å². The van der Waals surface area contributed by atoms with Crippen LogP contribution < -0.4 is 5.32 Å². The molecule has 1 saturated heterocycles. The van der Waals surface area contributed by atoms with Gasteiger partial charge in [-0.1, -0.05) is 0 Å².